The van der Waals surface area contributed by atoms with Crippen LogP contribution in [0.25, 0.3) is 0 Å². The molecule has 3 atom stereocenters. The quantitative estimate of drug-likeness (QED) is 0.787. The number of aliphatic hydroxyl groups excluding tert-OH is 1. The number of amides is 1. The number of carbonyl (C=O) groups excluding carboxylic acids is 1. The fraction of sp³-hybridized carbons (Fsp3) is 0.571. The Morgan fingerprint density at radius 1 is 1.33 bits per heavy atom. The predicted octanol–water partition coefficient (Wildman–Crippen LogP) is 4.39. The number of aliphatic hydroxyl groups is 1. The van der Waals surface area contributed by atoms with Gasteiger partial charge in [-0.05, 0) is 49.7 Å². The summed E-state index contributed by atoms with van der Waals surface area (Å²) >= 11 is 0. The predicted molar refractivity (Wildman–Crippen MR) is 98.5 cm³/mol. The number of benzene rings is 1. The highest BCUT2D eigenvalue weighted by molar-refractivity contribution is 5.81. The van der Waals surface area contributed by atoms with Crippen molar-refractivity contribution in [3.8, 4) is 0 Å². The molecule has 24 heavy (non-hydrogen) atoms. The maximum Gasteiger partial charge on any atom is 0.224 e. The van der Waals surface area contributed by atoms with Gasteiger partial charge in [-0.15, -0.1) is 0 Å². The van der Waals surface area contributed by atoms with Crippen LogP contribution in [0.3, 0.4) is 0 Å². The molecule has 2 N–H and O–H groups in total. The third kappa shape index (κ3) is 3.72. The van der Waals surface area contributed by atoms with Crippen molar-refractivity contribution >= 4 is 5.91 Å². The third-order valence-corrected chi connectivity index (χ3v) is 5.53. The Hall–Kier alpha value is -1.61. The van der Waals surface area contributed by atoms with Gasteiger partial charge in [0.25, 0.3) is 0 Å². The van der Waals surface area contributed by atoms with Gasteiger partial charge in [-0.1, -0.05) is 56.7 Å². The van der Waals surface area contributed by atoms with Crippen molar-refractivity contribution in [1.29, 1.82) is 0 Å². The van der Waals surface area contributed by atoms with Gasteiger partial charge >= 0.3 is 0 Å². The molecule has 132 valence electrons. The minimum Gasteiger partial charge on any atom is -0.389 e. The van der Waals surface area contributed by atoms with E-state index in [1.54, 1.807) is 0 Å². The molecule has 2 rings (SSSR count). The molecule has 1 aliphatic rings. The van der Waals surface area contributed by atoms with E-state index in [4.69, 9.17) is 0 Å². The zero-order valence-corrected chi connectivity index (χ0v) is 15.6. The Morgan fingerprint density at radius 3 is 2.54 bits per heavy atom. The lowest BCUT2D eigenvalue weighted by Crippen LogP contribution is -2.45. The average molecular weight is 329 g/mol. The monoisotopic (exact) mass is 329 g/mol. The minimum atomic E-state index is -0.456. The van der Waals surface area contributed by atoms with Gasteiger partial charge in [0.05, 0.1) is 12.1 Å². The van der Waals surface area contributed by atoms with Crippen LogP contribution in [0.5, 0.6) is 0 Å². The van der Waals surface area contributed by atoms with Gasteiger partial charge < -0.3 is 10.4 Å². The van der Waals surface area contributed by atoms with Crippen LogP contribution in [0.15, 0.2) is 41.5 Å². The molecule has 0 heterocycles. The molecule has 0 spiro atoms. The maximum atomic E-state index is 12.9. The van der Waals surface area contributed by atoms with E-state index < -0.39 is 6.10 Å². The van der Waals surface area contributed by atoms with E-state index in [1.807, 2.05) is 44.2 Å². The smallest absolute Gasteiger partial charge is 0.224 e. The zero-order chi connectivity index (χ0) is 17.9. The summed E-state index contributed by atoms with van der Waals surface area (Å²) in [6, 6.07) is 10.0. The van der Waals surface area contributed by atoms with Crippen LogP contribution in [0.1, 0.15) is 65.5 Å². The molecule has 1 aromatic rings. The van der Waals surface area contributed by atoms with Crippen LogP contribution in [0.4, 0.5) is 0 Å². The van der Waals surface area contributed by atoms with E-state index in [0.717, 1.165) is 24.0 Å². The van der Waals surface area contributed by atoms with Crippen LogP contribution >= 0.6 is 0 Å². The highest BCUT2D eigenvalue weighted by Gasteiger charge is 2.43. The second-order valence-corrected chi connectivity index (χ2v) is 7.57. The second kappa shape index (κ2) is 7.52. The van der Waals surface area contributed by atoms with E-state index in [2.05, 4.69) is 26.1 Å². The van der Waals surface area contributed by atoms with E-state index >= 15 is 0 Å². The summed E-state index contributed by atoms with van der Waals surface area (Å²) in [7, 11) is 0. The molecule has 0 radical (unpaired) electrons. The normalized spacial score (nSPS) is 22.8. The van der Waals surface area contributed by atoms with Crippen molar-refractivity contribution in [2.45, 2.75) is 66.0 Å². The highest BCUT2D eigenvalue weighted by Crippen LogP contribution is 2.46. The molecule has 0 aliphatic heterocycles. The summed E-state index contributed by atoms with van der Waals surface area (Å²) in [4.78, 5) is 12.9. The number of rotatable bonds is 5. The van der Waals surface area contributed by atoms with Gasteiger partial charge in [0.1, 0.15) is 0 Å². The lowest BCUT2D eigenvalue weighted by molar-refractivity contribution is -0.129. The topological polar surface area (TPSA) is 49.3 Å². The van der Waals surface area contributed by atoms with Crippen LogP contribution < -0.4 is 5.32 Å². The summed E-state index contributed by atoms with van der Waals surface area (Å²) in [6.07, 6.45) is 1.95. The fourth-order valence-electron chi connectivity index (χ4n) is 4.11. The Labute approximate surface area is 146 Å². The summed E-state index contributed by atoms with van der Waals surface area (Å²) in [5.41, 5.74) is 3.09. The molecule has 1 aromatic carbocycles. The summed E-state index contributed by atoms with van der Waals surface area (Å²) in [6.45, 7) is 10.3. The third-order valence-electron chi connectivity index (χ3n) is 5.53. The largest absolute Gasteiger partial charge is 0.389 e. The van der Waals surface area contributed by atoms with Gasteiger partial charge in [0.15, 0.2) is 0 Å². The van der Waals surface area contributed by atoms with E-state index in [9.17, 15) is 9.90 Å². The second-order valence-electron chi connectivity index (χ2n) is 7.57. The summed E-state index contributed by atoms with van der Waals surface area (Å²) in [5, 5.41) is 13.6. The standard InChI is InChI=1S/C21H31NO2/c1-6-18(23)19-14(2)12-13-17(21(19,4)5)20(24)22-15(3)16-10-8-7-9-11-16/h7-11,15,17-18,23H,6,12-13H2,1-5H3,(H,22,24)/t15-,17+,18+/m1/s1. The average Bonchev–Trinajstić information content (AvgIpc) is 2.54. The van der Waals surface area contributed by atoms with Crippen LogP contribution in [-0.2, 0) is 4.79 Å². The van der Waals surface area contributed by atoms with Crippen molar-refractivity contribution in [1.82, 2.24) is 5.32 Å². The van der Waals surface area contributed by atoms with E-state index in [-0.39, 0.29) is 23.3 Å². The van der Waals surface area contributed by atoms with Crippen LogP contribution in [0, 0.1) is 11.3 Å². The molecule has 0 saturated heterocycles. The number of hydrogen-bond donors (Lipinski definition) is 2. The molecule has 0 aromatic heterocycles. The number of carbonyl (C=O) groups is 1. The number of hydrogen-bond acceptors (Lipinski definition) is 2. The van der Waals surface area contributed by atoms with E-state index in [1.165, 1.54) is 5.57 Å². The maximum absolute atomic E-state index is 12.9. The molecular formula is C21H31NO2. The first-order valence-electron chi connectivity index (χ1n) is 9.02. The Bertz CT molecular complexity index is 604. The van der Waals surface area contributed by atoms with Gasteiger partial charge in [-0.3, -0.25) is 4.79 Å². The Kier molecular flexibility index (Phi) is 5.87. The zero-order valence-electron chi connectivity index (χ0n) is 15.6. The highest BCUT2D eigenvalue weighted by atomic mass is 16.3. The van der Waals surface area contributed by atoms with E-state index in [0.29, 0.717) is 6.42 Å². The first-order chi connectivity index (χ1) is 11.3. The number of allylic oxidation sites excluding steroid dienone is 1. The van der Waals surface area contributed by atoms with Gasteiger partial charge in [-0.2, -0.15) is 0 Å². The van der Waals surface area contributed by atoms with Crippen molar-refractivity contribution in [3.05, 3.63) is 47.0 Å². The Balaban J connectivity index is 2.18. The van der Waals surface area contributed by atoms with Gasteiger partial charge in [0.2, 0.25) is 5.91 Å². The van der Waals surface area contributed by atoms with Crippen LogP contribution in [0.2, 0.25) is 0 Å². The Morgan fingerprint density at radius 2 is 1.96 bits per heavy atom. The lowest BCUT2D eigenvalue weighted by atomic mass is 9.63. The molecule has 0 saturated carbocycles. The SMILES string of the molecule is CC[C@H](O)C1=C(C)CC[C@@H](C(=O)N[C@H](C)c2ccccc2)C1(C)C. The van der Waals surface area contributed by atoms with Crippen LogP contribution in [-0.4, -0.2) is 17.1 Å². The molecule has 3 nitrogen and oxygen atoms in total. The van der Waals surface area contributed by atoms with Crippen molar-refractivity contribution in [2.75, 3.05) is 0 Å². The number of nitrogens with one attached hydrogen (secondary N) is 1. The minimum absolute atomic E-state index is 0.0129. The van der Waals surface area contributed by atoms with Crippen molar-refractivity contribution in [2.24, 2.45) is 11.3 Å². The molecule has 1 aliphatic carbocycles. The first kappa shape index (κ1) is 18.7. The molecule has 1 amide bonds. The molecule has 0 bridgehead atoms. The first-order valence-corrected chi connectivity index (χ1v) is 9.02. The molecule has 3 heteroatoms. The van der Waals surface area contributed by atoms with Crippen molar-refractivity contribution < 1.29 is 9.90 Å². The fourth-order valence-corrected chi connectivity index (χ4v) is 4.11. The van der Waals surface area contributed by atoms with Crippen molar-refractivity contribution in [3.63, 3.8) is 0 Å². The molecule has 0 fully saturated rings. The molecule has 0 unspecified atom stereocenters. The summed E-state index contributed by atoms with van der Waals surface area (Å²) in [5.74, 6) is -0.0202. The molecular weight excluding hydrogens is 298 g/mol. The summed E-state index contributed by atoms with van der Waals surface area (Å²) < 4.78 is 0. The lowest BCUT2D eigenvalue weighted by Gasteiger charge is -2.43. The van der Waals surface area contributed by atoms with Gasteiger partial charge in [0, 0.05) is 5.92 Å². The van der Waals surface area contributed by atoms with Gasteiger partial charge in [-0.25, -0.2) is 0 Å².